The number of hydrogen-bond acceptors (Lipinski definition) is 3. The van der Waals surface area contributed by atoms with Gasteiger partial charge >= 0.3 is 0 Å². The van der Waals surface area contributed by atoms with Crippen molar-refractivity contribution < 1.29 is 8.85 Å². The van der Waals surface area contributed by atoms with Crippen LogP contribution in [0, 0.1) is 0 Å². The van der Waals surface area contributed by atoms with Gasteiger partial charge in [-0.05, 0) is 80.8 Å². The predicted molar refractivity (Wildman–Crippen MR) is 130 cm³/mol. The molecule has 0 aromatic carbocycles. The highest BCUT2D eigenvalue weighted by atomic mass is 28.4. The molecule has 0 aromatic heterocycles. The van der Waals surface area contributed by atoms with Crippen LogP contribution in [0.1, 0.15) is 54.4 Å². The van der Waals surface area contributed by atoms with E-state index in [1.807, 2.05) is 14.2 Å². The summed E-state index contributed by atoms with van der Waals surface area (Å²) in [6.45, 7) is 26.8. The zero-order chi connectivity index (χ0) is 21.5. The lowest BCUT2D eigenvalue weighted by Gasteiger charge is -2.51. The van der Waals surface area contributed by atoms with Gasteiger partial charge in [0.1, 0.15) is 8.24 Å². The van der Waals surface area contributed by atoms with Crippen molar-refractivity contribution in [3.63, 3.8) is 0 Å². The Morgan fingerprint density at radius 1 is 0.630 bits per heavy atom. The number of nitrogens with zero attached hydrogens (tertiary/aromatic N) is 1. The van der Waals surface area contributed by atoms with Gasteiger partial charge in [-0.2, -0.15) is 0 Å². The zero-order valence-electron chi connectivity index (χ0n) is 20.7. The molecule has 0 N–H and O–H groups in total. The van der Waals surface area contributed by atoms with E-state index >= 15 is 0 Å². The molecule has 0 fully saturated rings. The second-order valence-electron chi connectivity index (χ2n) is 10.5. The van der Waals surface area contributed by atoms with Crippen molar-refractivity contribution in [1.82, 2.24) is 4.57 Å². The molecule has 0 spiro atoms. The van der Waals surface area contributed by atoms with Crippen LogP contribution in [0.2, 0.25) is 54.9 Å². The molecular weight excluding hydrogens is 382 g/mol. The summed E-state index contributed by atoms with van der Waals surface area (Å²) in [5.74, 6) is 0. The van der Waals surface area contributed by atoms with Crippen LogP contribution < -0.4 is 0 Å². The topological polar surface area (TPSA) is 21.7 Å². The molecule has 6 heteroatoms. The van der Waals surface area contributed by atoms with E-state index in [0.29, 0.717) is 0 Å². The minimum atomic E-state index is -1.59. The van der Waals surface area contributed by atoms with Gasteiger partial charge in [-0.15, -0.1) is 0 Å². The van der Waals surface area contributed by atoms with Crippen molar-refractivity contribution in [2.45, 2.75) is 109 Å². The fourth-order valence-corrected chi connectivity index (χ4v) is 14.9. The van der Waals surface area contributed by atoms with Crippen LogP contribution in [0.15, 0.2) is 0 Å². The van der Waals surface area contributed by atoms with Crippen molar-refractivity contribution in [1.29, 1.82) is 0 Å². The molecule has 0 saturated heterocycles. The standard InChI is InChI=1S/C21H51NO2Si3/c1-19(2)27(20(3)4,21(5)6)22(15-13-17-25(9,10)23-7)16-14-18-26(11,12)24-8/h19-21H,13-18H2,1-12H3. The Kier molecular flexibility index (Phi) is 11.9. The molecule has 0 aliphatic rings. The van der Waals surface area contributed by atoms with Gasteiger partial charge in [-0.1, -0.05) is 41.5 Å². The van der Waals surface area contributed by atoms with Crippen molar-refractivity contribution in [3.05, 3.63) is 0 Å². The fraction of sp³-hybridized carbons (Fsp3) is 1.00. The largest absolute Gasteiger partial charge is 0.420 e. The molecule has 3 nitrogen and oxygen atoms in total. The maximum Gasteiger partial charge on any atom is 0.186 e. The van der Waals surface area contributed by atoms with E-state index in [-0.39, 0.29) is 0 Å². The van der Waals surface area contributed by atoms with Gasteiger partial charge in [0.15, 0.2) is 16.6 Å². The Balaban J connectivity index is 5.46. The number of hydrogen-bond donors (Lipinski definition) is 0. The highest BCUT2D eigenvalue weighted by molar-refractivity contribution is 6.81. The van der Waals surface area contributed by atoms with Crippen LogP contribution >= 0.6 is 0 Å². The molecular formula is C21H51NO2Si3. The van der Waals surface area contributed by atoms with E-state index in [9.17, 15) is 0 Å². The lowest BCUT2D eigenvalue weighted by atomic mass is 10.4. The minimum Gasteiger partial charge on any atom is -0.420 e. The molecule has 0 atom stereocenters. The maximum atomic E-state index is 5.81. The first kappa shape index (κ1) is 27.5. The maximum absolute atomic E-state index is 5.81. The second kappa shape index (κ2) is 11.6. The van der Waals surface area contributed by atoms with Gasteiger partial charge in [0, 0.05) is 14.2 Å². The highest BCUT2D eigenvalue weighted by Crippen LogP contribution is 2.44. The first-order chi connectivity index (χ1) is 12.3. The van der Waals surface area contributed by atoms with Crippen LogP contribution in [-0.2, 0) is 8.85 Å². The number of rotatable bonds is 14. The van der Waals surface area contributed by atoms with Crippen molar-refractivity contribution in [2.24, 2.45) is 0 Å². The quantitative estimate of drug-likeness (QED) is 0.277. The predicted octanol–water partition coefficient (Wildman–Crippen LogP) is 6.95. The Labute approximate surface area is 174 Å². The van der Waals surface area contributed by atoms with E-state index in [2.05, 4.69) is 72.3 Å². The van der Waals surface area contributed by atoms with E-state index in [1.54, 1.807) is 0 Å². The Morgan fingerprint density at radius 2 is 0.926 bits per heavy atom. The van der Waals surface area contributed by atoms with E-state index in [0.717, 1.165) is 16.6 Å². The third kappa shape index (κ3) is 8.05. The SMILES string of the molecule is CO[Si](C)(C)CCCN(CCC[Si](C)(C)OC)[Si](C(C)C)(C(C)C)C(C)C. The molecule has 0 rings (SSSR count). The minimum absolute atomic E-state index is 0.776. The summed E-state index contributed by atoms with van der Waals surface area (Å²) in [5, 5.41) is 0. The molecule has 0 aliphatic carbocycles. The first-order valence-corrected chi connectivity index (χ1v) is 19.5. The molecule has 0 heterocycles. The lowest BCUT2D eigenvalue weighted by Crippen LogP contribution is -2.60. The van der Waals surface area contributed by atoms with Crippen LogP contribution in [0.4, 0.5) is 0 Å². The normalized spacial score (nSPS) is 14.2. The highest BCUT2D eigenvalue weighted by Gasteiger charge is 2.47. The molecule has 0 aromatic rings. The van der Waals surface area contributed by atoms with Crippen molar-refractivity contribution in [2.75, 3.05) is 27.3 Å². The van der Waals surface area contributed by atoms with Crippen LogP contribution in [0.5, 0.6) is 0 Å². The third-order valence-electron chi connectivity index (χ3n) is 6.84. The summed E-state index contributed by atoms with van der Waals surface area (Å²) in [4.78, 5) is 0. The van der Waals surface area contributed by atoms with Gasteiger partial charge in [-0.3, -0.25) is 0 Å². The van der Waals surface area contributed by atoms with Crippen molar-refractivity contribution >= 4 is 24.9 Å². The van der Waals surface area contributed by atoms with Gasteiger partial charge in [0.25, 0.3) is 0 Å². The summed E-state index contributed by atoms with van der Waals surface area (Å²) >= 11 is 0. The monoisotopic (exact) mass is 433 g/mol. The van der Waals surface area contributed by atoms with Gasteiger partial charge < -0.3 is 13.4 Å². The summed E-state index contributed by atoms with van der Waals surface area (Å²) < 4.78 is 14.6. The lowest BCUT2D eigenvalue weighted by molar-refractivity contribution is 0.365. The first-order valence-electron chi connectivity index (χ1n) is 11.1. The molecule has 0 aliphatic heterocycles. The molecule has 27 heavy (non-hydrogen) atoms. The molecule has 0 radical (unpaired) electrons. The van der Waals surface area contributed by atoms with Crippen LogP contribution in [-0.4, -0.2) is 56.7 Å². The Bertz CT molecular complexity index is 368. The fourth-order valence-electron chi connectivity index (χ4n) is 5.19. The smallest absolute Gasteiger partial charge is 0.186 e. The second-order valence-corrected chi connectivity index (χ2v) is 25.2. The summed E-state index contributed by atoms with van der Waals surface area (Å²) in [6, 6.07) is 2.52. The third-order valence-corrected chi connectivity index (χ3v) is 19.3. The molecule has 0 saturated carbocycles. The Hall–Kier alpha value is 0.531. The summed E-state index contributed by atoms with van der Waals surface area (Å²) in [5.41, 5.74) is 2.33. The molecule has 164 valence electrons. The van der Waals surface area contributed by atoms with Gasteiger partial charge in [-0.25, -0.2) is 0 Å². The van der Waals surface area contributed by atoms with Crippen molar-refractivity contribution in [3.8, 4) is 0 Å². The van der Waals surface area contributed by atoms with Gasteiger partial charge in [0.2, 0.25) is 0 Å². The molecule has 0 bridgehead atoms. The molecule has 0 unspecified atom stereocenters. The van der Waals surface area contributed by atoms with E-state index in [4.69, 9.17) is 8.85 Å². The summed E-state index contributed by atoms with van der Waals surface area (Å²) in [7, 11) is -0.740. The van der Waals surface area contributed by atoms with E-state index in [1.165, 1.54) is 38.0 Å². The summed E-state index contributed by atoms with van der Waals surface area (Å²) in [6.07, 6.45) is 2.55. The van der Waals surface area contributed by atoms with Crippen LogP contribution in [0.3, 0.4) is 0 Å². The van der Waals surface area contributed by atoms with E-state index < -0.39 is 24.9 Å². The average Bonchev–Trinajstić information content (AvgIpc) is 2.53. The average molecular weight is 434 g/mol. The molecule has 0 amide bonds. The van der Waals surface area contributed by atoms with Crippen LogP contribution in [0.25, 0.3) is 0 Å². The zero-order valence-corrected chi connectivity index (χ0v) is 23.7. The Morgan fingerprint density at radius 3 is 1.15 bits per heavy atom. The van der Waals surface area contributed by atoms with Gasteiger partial charge in [0.05, 0.1) is 0 Å².